The van der Waals surface area contributed by atoms with Gasteiger partial charge in [-0.15, -0.1) is 11.3 Å². The Kier molecular flexibility index (Phi) is 2.68. The maximum absolute atomic E-state index is 12.3. The zero-order valence-electron chi connectivity index (χ0n) is 11.1. The second kappa shape index (κ2) is 4.56. The van der Waals surface area contributed by atoms with Gasteiger partial charge >= 0.3 is 0 Å². The first-order valence-electron chi connectivity index (χ1n) is 6.75. The van der Waals surface area contributed by atoms with Crippen LogP contribution in [-0.2, 0) is 0 Å². The number of hydrogen-bond acceptors (Lipinski definition) is 3. The molecule has 0 unspecified atom stereocenters. The Labute approximate surface area is 124 Å². The van der Waals surface area contributed by atoms with Crippen molar-refractivity contribution in [2.75, 3.05) is 6.54 Å². The van der Waals surface area contributed by atoms with Crippen molar-refractivity contribution in [3.8, 4) is 10.4 Å². The quantitative estimate of drug-likeness (QED) is 0.724. The van der Waals surface area contributed by atoms with Crippen LogP contribution in [-0.4, -0.2) is 23.2 Å². The van der Waals surface area contributed by atoms with Gasteiger partial charge in [-0.3, -0.25) is 9.59 Å². The molecule has 4 rings (SSSR count). The molecule has 0 saturated carbocycles. The van der Waals surface area contributed by atoms with E-state index in [1.54, 1.807) is 11.3 Å². The maximum Gasteiger partial charge on any atom is 0.268 e. The first kappa shape index (κ1) is 12.3. The number of amides is 1. The Hall–Kier alpha value is -2.40. The first-order valence-corrected chi connectivity index (χ1v) is 7.63. The average Bonchev–Trinajstić information content (AvgIpc) is 3.11. The molecule has 0 radical (unpaired) electrons. The number of rotatable bonds is 1. The van der Waals surface area contributed by atoms with Crippen molar-refractivity contribution in [1.29, 1.82) is 0 Å². The Morgan fingerprint density at radius 1 is 1.14 bits per heavy atom. The lowest BCUT2D eigenvalue weighted by Crippen LogP contribution is -2.23. The van der Waals surface area contributed by atoms with Gasteiger partial charge in [0.15, 0.2) is 5.78 Å². The van der Waals surface area contributed by atoms with Crippen LogP contribution >= 0.6 is 11.3 Å². The summed E-state index contributed by atoms with van der Waals surface area (Å²) in [5, 5.41) is 5.60. The van der Waals surface area contributed by atoms with E-state index < -0.39 is 0 Å². The van der Waals surface area contributed by atoms with Crippen LogP contribution in [0.4, 0.5) is 0 Å². The summed E-state index contributed by atoms with van der Waals surface area (Å²) < 4.78 is 0. The molecule has 2 N–H and O–H groups in total. The minimum Gasteiger partial charge on any atom is -0.350 e. The van der Waals surface area contributed by atoms with Gasteiger partial charge in [-0.2, -0.15) is 0 Å². The van der Waals surface area contributed by atoms with E-state index in [0.717, 1.165) is 21.3 Å². The number of thiophene rings is 1. The molecule has 1 aliphatic rings. The summed E-state index contributed by atoms with van der Waals surface area (Å²) in [4.78, 5) is 28.6. The van der Waals surface area contributed by atoms with Gasteiger partial charge in [0, 0.05) is 28.7 Å². The molecule has 0 aliphatic carbocycles. The lowest BCUT2D eigenvalue weighted by molar-refractivity contribution is 0.0952. The summed E-state index contributed by atoms with van der Waals surface area (Å²) in [5.41, 5.74) is 2.80. The van der Waals surface area contributed by atoms with E-state index in [1.165, 1.54) is 0 Å². The third-order valence-electron chi connectivity index (χ3n) is 3.75. The van der Waals surface area contributed by atoms with Gasteiger partial charge in [-0.25, -0.2) is 0 Å². The monoisotopic (exact) mass is 296 g/mol. The highest BCUT2D eigenvalue weighted by Crippen LogP contribution is 2.31. The zero-order chi connectivity index (χ0) is 14.4. The fraction of sp³-hybridized carbons (Fsp3) is 0.125. The number of H-pyrrole nitrogens is 1. The number of benzene rings is 1. The average molecular weight is 296 g/mol. The molecule has 21 heavy (non-hydrogen) atoms. The highest BCUT2D eigenvalue weighted by atomic mass is 32.1. The van der Waals surface area contributed by atoms with Gasteiger partial charge in [-0.05, 0) is 29.1 Å². The third kappa shape index (κ3) is 1.89. The smallest absolute Gasteiger partial charge is 0.268 e. The Morgan fingerprint density at radius 3 is 2.86 bits per heavy atom. The van der Waals surface area contributed by atoms with E-state index in [-0.39, 0.29) is 11.7 Å². The first-order chi connectivity index (χ1) is 10.2. The highest BCUT2D eigenvalue weighted by Gasteiger charge is 2.25. The Morgan fingerprint density at radius 2 is 2.05 bits per heavy atom. The normalized spacial score (nSPS) is 14.9. The fourth-order valence-electron chi connectivity index (χ4n) is 2.75. The molecular formula is C16H12N2O2S. The van der Waals surface area contributed by atoms with Gasteiger partial charge in [0.2, 0.25) is 0 Å². The van der Waals surface area contributed by atoms with Crippen molar-refractivity contribution < 1.29 is 9.59 Å². The summed E-state index contributed by atoms with van der Waals surface area (Å²) in [5.74, 6) is -0.192. The second-order valence-electron chi connectivity index (χ2n) is 5.04. The van der Waals surface area contributed by atoms with E-state index in [2.05, 4.69) is 10.3 Å². The molecule has 0 atom stereocenters. The van der Waals surface area contributed by atoms with Crippen molar-refractivity contribution in [3.63, 3.8) is 0 Å². The maximum atomic E-state index is 12.3. The summed E-state index contributed by atoms with van der Waals surface area (Å²) in [6.07, 6.45) is 0.342. The van der Waals surface area contributed by atoms with Gasteiger partial charge in [-0.1, -0.05) is 12.1 Å². The fourth-order valence-corrected chi connectivity index (χ4v) is 3.47. The van der Waals surface area contributed by atoms with E-state index in [1.807, 2.05) is 35.7 Å². The standard InChI is InChI=1S/C16H12N2O2S/c19-12-5-6-17-16(20)15-14(12)10-8-9(3-4-11(10)18-15)13-2-1-7-21-13/h1-4,7-8,18H,5-6H2,(H,17,20). The minimum atomic E-state index is -0.204. The summed E-state index contributed by atoms with van der Waals surface area (Å²) in [6, 6.07) is 9.98. The summed E-state index contributed by atoms with van der Waals surface area (Å²) >= 11 is 1.66. The van der Waals surface area contributed by atoms with Crippen LogP contribution in [0.15, 0.2) is 35.7 Å². The molecule has 104 valence electrons. The van der Waals surface area contributed by atoms with E-state index in [4.69, 9.17) is 0 Å². The van der Waals surface area contributed by atoms with E-state index in [0.29, 0.717) is 24.2 Å². The summed E-state index contributed by atoms with van der Waals surface area (Å²) in [7, 11) is 0. The van der Waals surface area contributed by atoms with Gasteiger partial charge in [0.25, 0.3) is 5.91 Å². The number of carbonyl (C=O) groups is 2. The number of aromatic nitrogens is 1. The lowest BCUT2D eigenvalue weighted by Gasteiger charge is -2.00. The number of carbonyl (C=O) groups excluding carboxylic acids is 2. The van der Waals surface area contributed by atoms with Gasteiger partial charge < -0.3 is 10.3 Å². The van der Waals surface area contributed by atoms with Crippen LogP contribution in [0.5, 0.6) is 0 Å². The van der Waals surface area contributed by atoms with E-state index in [9.17, 15) is 9.59 Å². The second-order valence-corrected chi connectivity index (χ2v) is 5.99. The molecular weight excluding hydrogens is 284 g/mol. The Bertz CT molecular complexity index is 862. The molecule has 5 heteroatoms. The van der Waals surface area contributed by atoms with Gasteiger partial charge in [0.05, 0.1) is 5.56 Å². The molecule has 0 saturated heterocycles. The molecule has 3 heterocycles. The number of hydrogen-bond donors (Lipinski definition) is 2. The number of nitrogens with one attached hydrogen (secondary N) is 2. The SMILES string of the molecule is O=C1NCCC(=O)c2c1[nH]c1ccc(-c3cccs3)cc21. The van der Waals surface area contributed by atoms with Crippen LogP contribution in [0.2, 0.25) is 0 Å². The largest absolute Gasteiger partial charge is 0.350 e. The zero-order valence-corrected chi connectivity index (χ0v) is 11.9. The molecule has 0 bridgehead atoms. The molecule has 4 nitrogen and oxygen atoms in total. The Balaban J connectivity index is 1.99. The van der Waals surface area contributed by atoms with Crippen LogP contribution in [0, 0.1) is 0 Å². The van der Waals surface area contributed by atoms with Crippen molar-refractivity contribution in [1.82, 2.24) is 10.3 Å². The van der Waals surface area contributed by atoms with Crippen LogP contribution < -0.4 is 5.32 Å². The van der Waals surface area contributed by atoms with Crippen LogP contribution in [0.25, 0.3) is 21.3 Å². The minimum absolute atomic E-state index is 0.0120. The molecule has 3 aromatic rings. The lowest BCUT2D eigenvalue weighted by atomic mass is 10.0. The predicted molar refractivity (Wildman–Crippen MR) is 82.9 cm³/mol. The molecule has 1 aliphatic heterocycles. The van der Waals surface area contributed by atoms with Crippen LogP contribution in [0.1, 0.15) is 27.3 Å². The van der Waals surface area contributed by atoms with Crippen molar-refractivity contribution >= 4 is 33.9 Å². The molecule has 1 aromatic carbocycles. The van der Waals surface area contributed by atoms with Crippen LogP contribution in [0.3, 0.4) is 0 Å². The number of Topliss-reactive ketones (excluding diaryl/α,β-unsaturated/α-hetero) is 1. The molecule has 0 fully saturated rings. The third-order valence-corrected chi connectivity index (χ3v) is 4.67. The number of aromatic amines is 1. The molecule has 0 spiro atoms. The topological polar surface area (TPSA) is 62.0 Å². The van der Waals surface area contributed by atoms with Crippen molar-refractivity contribution in [2.45, 2.75) is 6.42 Å². The number of fused-ring (bicyclic) bond motifs is 3. The van der Waals surface area contributed by atoms with Gasteiger partial charge in [0.1, 0.15) is 5.69 Å². The number of ketones is 1. The molecule has 1 amide bonds. The van der Waals surface area contributed by atoms with E-state index >= 15 is 0 Å². The summed E-state index contributed by atoms with van der Waals surface area (Å²) in [6.45, 7) is 0.395. The highest BCUT2D eigenvalue weighted by molar-refractivity contribution is 7.13. The van der Waals surface area contributed by atoms with Crippen molar-refractivity contribution in [2.24, 2.45) is 0 Å². The predicted octanol–water partition coefficient (Wildman–Crippen LogP) is 3.21. The molecule has 2 aromatic heterocycles. The van der Waals surface area contributed by atoms with Crippen molar-refractivity contribution in [3.05, 3.63) is 47.0 Å².